The summed E-state index contributed by atoms with van der Waals surface area (Å²) in [5, 5.41) is 34.8. The summed E-state index contributed by atoms with van der Waals surface area (Å²) in [6.45, 7) is 5.81. The summed E-state index contributed by atoms with van der Waals surface area (Å²) in [5.41, 5.74) is 0.132. The van der Waals surface area contributed by atoms with Gasteiger partial charge in [0.05, 0.1) is 49.2 Å². The first-order valence-electron chi connectivity index (χ1n) is 16.6. The Labute approximate surface area is 269 Å². The van der Waals surface area contributed by atoms with Gasteiger partial charge in [-0.25, -0.2) is 19.7 Å². The number of allylic oxidation sites excluding steroid dienone is 1. The second kappa shape index (κ2) is 12.0. The third kappa shape index (κ3) is 5.40. The lowest BCUT2D eigenvalue weighted by molar-refractivity contribution is -0.177. The van der Waals surface area contributed by atoms with Crippen molar-refractivity contribution in [1.29, 1.82) is 0 Å². The summed E-state index contributed by atoms with van der Waals surface area (Å²) in [7, 11) is 0. The van der Waals surface area contributed by atoms with E-state index < -0.39 is 23.5 Å². The largest absolute Gasteiger partial charge is 0.423 e. The number of aromatic nitrogens is 3. The van der Waals surface area contributed by atoms with E-state index in [4.69, 9.17) is 9.47 Å². The summed E-state index contributed by atoms with van der Waals surface area (Å²) < 4.78 is 12.0. The van der Waals surface area contributed by atoms with Crippen LogP contribution in [0.1, 0.15) is 64.4 Å². The summed E-state index contributed by atoms with van der Waals surface area (Å²) in [5.74, 6) is 1.43. The van der Waals surface area contributed by atoms with Gasteiger partial charge >= 0.3 is 5.97 Å². The average molecular weight is 632 g/mol. The van der Waals surface area contributed by atoms with E-state index in [0.29, 0.717) is 48.1 Å². The molecule has 4 fully saturated rings. The molecule has 1 spiro atoms. The smallest absolute Gasteiger partial charge is 0.341 e. The van der Waals surface area contributed by atoms with Crippen LogP contribution in [0.4, 0.5) is 11.8 Å². The molecular formula is C35H45N5O6. The van der Waals surface area contributed by atoms with Crippen LogP contribution in [0.3, 0.4) is 0 Å². The van der Waals surface area contributed by atoms with E-state index in [1.165, 1.54) is 0 Å². The molecule has 0 amide bonds. The first kappa shape index (κ1) is 31.2. The topological polar surface area (TPSA) is 153 Å². The Morgan fingerprint density at radius 3 is 2.63 bits per heavy atom. The van der Waals surface area contributed by atoms with E-state index in [2.05, 4.69) is 27.2 Å². The van der Waals surface area contributed by atoms with Gasteiger partial charge in [0.1, 0.15) is 11.6 Å². The number of carbonyl (C=O) groups is 1. The molecule has 4 N–H and O–H groups in total. The highest BCUT2D eigenvalue weighted by atomic mass is 16.6. The van der Waals surface area contributed by atoms with Crippen molar-refractivity contribution in [3.63, 3.8) is 0 Å². The second-order valence-electron chi connectivity index (χ2n) is 14.4. The molecule has 0 aromatic carbocycles. The maximum absolute atomic E-state index is 13.5. The maximum atomic E-state index is 13.5. The Morgan fingerprint density at radius 1 is 1.13 bits per heavy atom. The van der Waals surface area contributed by atoms with Crippen molar-refractivity contribution in [2.45, 2.75) is 82.6 Å². The molecule has 5 heterocycles. The Morgan fingerprint density at radius 2 is 1.93 bits per heavy atom. The molecular weight excluding hydrogens is 586 g/mol. The van der Waals surface area contributed by atoms with Crippen LogP contribution in [0, 0.1) is 22.7 Å². The number of carbonyl (C=O) groups excluding carboxylic acids is 1. The molecule has 3 aliphatic heterocycles. The maximum Gasteiger partial charge on any atom is 0.341 e. The summed E-state index contributed by atoms with van der Waals surface area (Å²) in [6, 6.07) is 5.28. The van der Waals surface area contributed by atoms with Crippen molar-refractivity contribution in [1.82, 2.24) is 15.0 Å². The number of hydrogen-bond donors (Lipinski definition) is 4. The van der Waals surface area contributed by atoms with Crippen LogP contribution >= 0.6 is 0 Å². The molecule has 5 unspecified atom stereocenters. The van der Waals surface area contributed by atoms with Gasteiger partial charge in [0.25, 0.3) is 0 Å². The molecule has 2 saturated carbocycles. The Bertz CT molecular complexity index is 1500. The van der Waals surface area contributed by atoms with Gasteiger partial charge in [0.2, 0.25) is 5.95 Å². The predicted molar refractivity (Wildman–Crippen MR) is 171 cm³/mol. The van der Waals surface area contributed by atoms with Crippen molar-refractivity contribution in [3.05, 3.63) is 59.8 Å². The normalized spacial score (nSPS) is 36.8. The number of ether oxygens (including phenoxy) is 2. The number of nitrogens with zero attached hydrogens (tertiary/aromatic N) is 4. The van der Waals surface area contributed by atoms with Gasteiger partial charge in [-0.2, -0.15) is 0 Å². The van der Waals surface area contributed by atoms with Crippen molar-refractivity contribution in [3.8, 4) is 0 Å². The standard InChI is InChI=1S/C35H45N5O6/c1-33-10-9-29(43)34(2,20-42)27(33)8-11-35(21-45-35)28(33)16-26(39-30-7-3-4-12-36-30)25-15-24(46-31(25)44)14-22-17-37-32(38-18-22)40-13-5-6-23(40)19-41/h3-4,7,12,14-15,17-18,23,26-29,41-43H,5-6,8-11,13,16,19-21H2,1-2H3,(H,36,39)/t23?,26?,27?,28?,29-,33+,34+,35?/m1/s1. The van der Waals surface area contributed by atoms with Crippen molar-refractivity contribution in [2.24, 2.45) is 22.7 Å². The Balaban J connectivity index is 1.19. The molecule has 5 aliphatic rings. The number of esters is 1. The second-order valence-corrected chi connectivity index (χ2v) is 14.4. The number of nitrogens with one attached hydrogen (secondary N) is 1. The number of cyclic esters (lactones) is 1. The third-order valence-electron chi connectivity index (χ3n) is 11.8. The summed E-state index contributed by atoms with van der Waals surface area (Å²) >= 11 is 0. The molecule has 7 rings (SSSR count). The number of anilines is 2. The quantitative estimate of drug-likeness (QED) is 0.238. The highest BCUT2D eigenvalue weighted by Gasteiger charge is 2.67. The van der Waals surface area contributed by atoms with Gasteiger partial charge in [-0.15, -0.1) is 0 Å². The van der Waals surface area contributed by atoms with Gasteiger partial charge in [-0.05, 0) is 86.5 Å². The molecule has 11 heteroatoms. The van der Waals surface area contributed by atoms with Gasteiger partial charge < -0.3 is 35.0 Å². The monoisotopic (exact) mass is 631 g/mol. The molecule has 2 saturated heterocycles. The number of pyridine rings is 1. The molecule has 8 atom stereocenters. The van der Waals surface area contributed by atoms with Crippen LogP contribution in [0.2, 0.25) is 0 Å². The fourth-order valence-corrected chi connectivity index (χ4v) is 9.17. The molecule has 46 heavy (non-hydrogen) atoms. The predicted octanol–water partition coefficient (Wildman–Crippen LogP) is 3.48. The summed E-state index contributed by atoms with van der Waals surface area (Å²) in [4.78, 5) is 29.1. The lowest BCUT2D eigenvalue weighted by Crippen LogP contribution is -2.61. The van der Waals surface area contributed by atoms with Crippen LogP contribution < -0.4 is 10.2 Å². The number of hydrogen-bond acceptors (Lipinski definition) is 11. The van der Waals surface area contributed by atoms with E-state index in [9.17, 15) is 20.1 Å². The third-order valence-corrected chi connectivity index (χ3v) is 11.8. The number of aliphatic hydroxyl groups is 3. The molecule has 246 valence electrons. The zero-order chi connectivity index (χ0) is 32.1. The first-order valence-corrected chi connectivity index (χ1v) is 16.6. The summed E-state index contributed by atoms with van der Waals surface area (Å²) in [6.07, 6.45) is 13.8. The van der Waals surface area contributed by atoms with Crippen molar-refractivity contribution in [2.75, 3.05) is 36.6 Å². The fraction of sp³-hybridized carbons (Fsp3) is 0.600. The molecule has 2 aliphatic carbocycles. The van der Waals surface area contributed by atoms with Crippen LogP contribution in [-0.2, 0) is 14.3 Å². The van der Waals surface area contributed by atoms with Gasteiger partial charge in [-0.3, -0.25) is 0 Å². The lowest BCUT2D eigenvalue weighted by Gasteiger charge is -2.61. The zero-order valence-electron chi connectivity index (χ0n) is 26.6. The SMILES string of the molecule is C[C@]12CC[C@@H](O)[C@@](C)(CO)C1CCC1(CO1)C2CC(Nc1ccccn1)C1=CC(=Cc2cnc(N3CCCC3CO)nc2)OC1=O. The average Bonchev–Trinajstić information content (AvgIpc) is 3.49. The minimum absolute atomic E-state index is 0.0342. The molecule has 2 aromatic heterocycles. The molecule has 11 nitrogen and oxygen atoms in total. The number of aliphatic hydroxyl groups excluding tert-OH is 3. The van der Waals surface area contributed by atoms with E-state index in [-0.39, 0.29) is 42.1 Å². The van der Waals surface area contributed by atoms with Gasteiger partial charge in [0.15, 0.2) is 0 Å². The highest BCUT2D eigenvalue weighted by Crippen LogP contribution is 2.66. The number of fused-ring (bicyclic) bond motifs is 1. The number of rotatable bonds is 9. The van der Waals surface area contributed by atoms with E-state index >= 15 is 0 Å². The van der Waals surface area contributed by atoms with Crippen LogP contribution in [0.15, 0.2) is 54.2 Å². The molecule has 2 aromatic rings. The van der Waals surface area contributed by atoms with Crippen LogP contribution in [0.5, 0.6) is 0 Å². The van der Waals surface area contributed by atoms with Gasteiger partial charge in [-0.1, -0.05) is 19.9 Å². The van der Waals surface area contributed by atoms with Crippen LogP contribution in [-0.4, -0.2) is 86.4 Å². The zero-order valence-corrected chi connectivity index (χ0v) is 26.6. The van der Waals surface area contributed by atoms with Crippen molar-refractivity contribution >= 4 is 23.8 Å². The highest BCUT2D eigenvalue weighted by molar-refractivity contribution is 5.95. The van der Waals surface area contributed by atoms with Gasteiger partial charge in [0, 0.05) is 36.1 Å². The minimum atomic E-state index is -0.599. The van der Waals surface area contributed by atoms with E-state index in [0.717, 1.165) is 38.6 Å². The van der Waals surface area contributed by atoms with Crippen LogP contribution in [0.25, 0.3) is 6.08 Å². The molecule has 0 bridgehead atoms. The Hall–Kier alpha value is -3.38. The Kier molecular flexibility index (Phi) is 8.15. The first-order chi connectivity index (χ1) is 22.2. The lowest BCUT2D eigenvalue weighted by atomic mass is 9.44. The van der Waals surface area contributed by atoms with Crippen molar-refractivity contribution < 1.29 is 29.6 Å². The fourth-order valence-electron chi connectivity index (χ4n) is 9.17. The minimum Gasteiger partial charge on any atom is -0.423 e. The molecule has 0 radical (unpaired) electrons. The number of epoxide rings is 1. The van der Waals surface area contributed by atoms with E-state index in [1.54, 1.807) is 30.7 Å². The van der Waals surface area contributed by atoms with E-state index in [1.807, 2.05) is 30.0 Å².